The maximum Gasteiger partial charge on any atom is 0.407 e. The first-order chi connectivity index (χ1) is 22.0. The monoisotopic (exact) mass is 692 g/mol. The minimum atomic E-state index is -4.36. The molecule has 3 N–H and O–H groups in total. The summed E-state index contributed by atoms with van der Waals surface area (Å²) in [6.07, 6.45) is 3.14. The van der Waals surface area contributed by atoms with Gasteiger partial charge in [-0.05, 0) is 81.5 Å². The van der Waals surface area contributed by atoms with Gasteiger partial charge in [0.15, 0.2) is 5.03 Å². The maximum atomic E-state index is 13.0. The van der Waals surface area contributed by atoms with E-state index in [0.29, 0.717) is 38.5 Å². The Bertz CT molecular complexity index is 1580. The third kappa shape index (κ3) is 9.54. The van der Waals surface area contributed by atoms with Gasteiger partial charge >= 0.3 is 6.09 Å². The molecule has 3 amide bonds. The van der Waals surface area contributed by atoms with E-state index in [1.165, 1.54) is 34.1 Å². The topological polar surface area (TPSA) is 171 Å². The molecular formula is C32H45ClN6O7S. The number of hydrogen-bond acceptors (Lipinski definition) is 9. The molecule has 4 rings (SSSR count). The number of amides is 3. The van der Waals surface area contributed by atoms with Crippen molar-refractivity contribution in [3.8, 4) is 0 Å². The molecule has 15 heteroatoms. The number of anilines is 2. The van der Waals surface area contributed by atoms with Crippen molar-refractivity contribution >= 4 is 51.2 Å². The molecule has 2 saturated heterocycles. The highest BCUT2D eigenvalue weighted by molar-refractivity contribution is 7.90. The van der Waals surface area contributed by atoms with E-state index >= 15 is 0 Å². The van der Waals surface area contributed by atoms with Gasteiger partial charge in [0.25, 0.3) is 21.8 Å². The van der Waals surface area contributed by atoms with Gasteiger partial charge in [0.05, 0.1) is 5.56 Å². The van der Waals surface area contributed by atoms with Crippen LogP contribution in [0.15, 0.2) is 35.4 Å². The Morgan fingerprint density at radius 1 is 1.15 bits per heavy atom. The molecule has 0 radical (unpaired) electrons. The molecule has 2 fully saturated rings. The lowest BCUT2D eigenvalue weighted by Crippen LogP contribution is -2.41. The van der Waals surface area contributed by atoms with Gasteiger partial charge in [0, 0.05) is 38.2 Å². The molecule has 0 aliphatic carbocycles. The summed E-state index contributed by atoms with van der Waals surface area (Å²) in [6.45, 7) is 12.1. The fraction of sp³-hybridized carbons (Fsp3) is 0.594. The van der Waals surface area contributed by atoms with Crippen LogP contribution in [-0.4, -0.2) is 84.2 Å². The summed E-state index contributed by atoms with van der Waals surface area (Å²) >= 11 is 6.30. The van der Waals surface area contributed by atoms with Crippen molar-refractivity contribution in [2.24, 2.45) is 11.3 Å². The van der Waals surface area contributed by atoms with E-state index in [-0.39, 0.29) is 38.8 Å². The highest BCUT2D eigenvalue weighted by Crippen LogP contribution is 2.35. The number of halogens is 1. The molecule has 0 bridgehead atoms. The molecule has 0 aromatic carbocycles. The molecule has 0 saturated carbocycles. The first-order valence-electron chi connectivity index (χ1n) is 15.8. The van der Waals surface area contributed by atoms with Gasteiger partial charge in [-0.2, -0.15) is 8.42 Å². The number of ether oxygens (including phenoxy) is 1. The Morgan fingerprint density at radius 3 is 2.55 bits per heavy atom. The second-order valence-corrected chi connectivity index (χ2v) is 15.9. The van der Waals surface area contributed by atoms with Crippen molar-refractivity contribution in [2.45, 2.75) is 89.8 Å². The van der Waals surface area contributed by atoms with Crippen LogP contribution in [0.1, 0.15) is 83.5 Å². The Morgan fingerprint density at radius 2 is 1.89 bits per heavy atom. The van der Waals surface area contributed by atoms with Crippen LogP contribution in [0, 0.1) is 11.3 Å². The van der Waals surface area contributed by atoms with Crippen molar-refractivity contribution < 1.29 is 32.6 Å². The van der Waals surface area contributed by atoms with E-state index in [4.69, 9.17) is 16.3 Å². The smallest absolute Gasteiger partial charge is 0.407 e. The third-order valence-electron chi connectivity index (χ3n) is 8.41. The molecule has 2 aliphatic heterocycles. The Kier molecular flexibility index (Phi) is 11.4. The van der Waals surface area contributed by atoms with E-state index in [1.807, 2.05) is 18.6 Å². The molecule has 2 aromatic heterocycles. The number of sulfonamides is 1. The fourth-order valence-electron chi connectivity index (χ4n) is 6.02. The van der Waals surface area contributed by atoms with Gasteiger partial charge in [-0.25, -0.2) is 19.5 Å². The lowest BCUT2D eigenvalue weighted by atomic mass is 9.91. The summed E-state index contributed by atoms with van der Waals surface area (Å²) in [4.78, 5) is 48.7. The fourth-order valence-corrected chi connectivity index (χ4v) is 7.19. The highest BCUT2D eigenvalue weighted by atomic mass is 35.5. The van der Waals surface area contributed by atoms with E-state index in [2.05, 4.69) is 36.1 Å². The minimum absolute atomic E-state index is 0.175. The molecular weight excluding hydrogens is 648 g/mol. The van der Waals surface area contributed by atoms with Gasteiger partial charge in [-0.1, -0.05) is 38.4 Å². The van der Waals surface area contributed by atoms with Crippen LogP contribution in [0.25, 0.3) is 0 Å². The lowest BCUT2D eigenvalue weighted by Gasteiger charge is -2.28. The SMILES string of the molecule is CC(C)(C)CCCOC1CCN(c2ccc(C(=O)NS(=O)(=O)c3cccc(NCCC[C@@H]4CN(C(=O)O)C(C)(C)C4)n3)c(Cl)n2)C1=O. The Labute approximate surface area is 281 Å². The molecule has 2 atom stereocenters. The molecule has 47 heavy (non-hydrogen) atoms. The van der Waals surface area contributed by atoms with Gasteiger partial charge in [-0.3, -0.25) is 14.5 Å². The number of carbonyl (C=O) groups excluding carboxylic acids is 2. The number of nitrogens with one attached hydrogen (secondary N) is 2. The first kappa shape index (κ1) is 36.3. The number of pyridine rings is 2. The van der Waals surface area contributed by atoms with Gasteiger partial charge < -0.3 is 20.1 Å². The van der Waals surface area contributed by atoms with Crippen LogP contribution >= 0.6 is 11.6 Å². The van der Waals surface area contributed by atoms with Crippen LogP contribution in [0.3, 0.4) is 0 Å². The van der Waals surface area contributed by atoms with Gasteiger partial charge in [-0.15, -0.1) is 0 Å². The molecule has 2 aliphatic rings. The highest BCUT2D eigenvalue weighted by Gasteiger charge is 2.41. The lowest BCUT2D eigenvalue weighted by molar-refractivity contribution is -0.127. The average Bonchev–Trinajstić information content (AvgIpc) is 3.50. The second kappa shape index (κ2) is 14.7. The molecule has 2 aromatic rings. The van der Waals surface area contributed by atoms with Crippen LogP contribution in [0.4, 0.5) is 16.4 Å². The number of carbonyl (C=O) groups is 3. The molecule has 0 spiro atoms. The van der Waals surface area contributed by atoms with Crippen molar-refractivity contribution in [1.29, 1.82) is 0 Å². The predicted octanol–water partition coefficient (Wildman–Crippen LogP) is 5.17. The zero-order valence-corrected chi connectivity index (χ0v) is 29.2. The van der Waals surface area contributed by atoms with Crippen LogP contribution < -0.4 is 14.9 Å². The molecule has 258 valence electrons. The summed E-state index contributed by atoms with van der Waals surface area (Å²) in [7, 11) is -4.36. The number of likely N-dealkylation sites (tertiary alicyclic amines) is 1. The standard InChI is InChI=1S/C32H45ClN6O7S/c1-31(2,3)15-8-18-46-23-14-17-38(29(23)41)25-13-12-22(27(33)36-25)28(40)37-47(44,45)26-11-6-10-24(35-26)34-16-7-9-21-19-32(4,5)39(20-21)30(42)43/h6,10-13,21,23H,7-9,14-20H2,1-5H3,(H,34,35)(H,37,40)(H,42,43)/t21-,23?/m0/s1. The Balaban J connectivity index is 1.29. The second-order valence-electron chi connectivity index (χ2n) is 14.0. The van der Waals surface area contributed by atoms with Crippen LogP contribution in [-0.2, 0) is 19.6 Å². The van der Waals surface area contributed by atoms with Crippen molar-refractivity contribution in [3.63, 3.8) is 0 Å². The summed E-state index contributed by atoms with van der Waals surface area (Å²) in [6, 6.07) is 7.17. The Hall–Kier alpha value is -3.49. The third-order valence-corrected chi connectivity index (χ3v) is 9.93. The van der Waals surface area contributed by atoms with Crippen LogP contribution in [0.2, 0.25) is 5.15 Å². The quantitative estimate of drug-likeness (QED) is 0.188. The maximum absolute atomic E-state index is 13.0. The number of nitrogens with zero attached hydrogens (tertiary/aromatic N) is 4. The van der Waals surface area contributed by atoms with E-state index in [0.717, 1.165) is 32.1 Å². The zero-order chi connectivity index (χ0) is 34.6. The first-order valence-corrected chi connectivity index (χ1v) is 17.7. The molecule has 13 nitrogen and oxygen atoms in total. The van der Waals surface area contributed by atoms with Crippen LogP contribution in [0.5, 0.6) is 0 Å². The van der Waals surface area contributed by atoms with Crippen molar-refractivity contribution in [1.82, 2.24) is 19.6 Å². The number of hydrogen-bond donors (Lipinski definition) is 3. The van der Waals surface area contributed by atoms with Crippen molar-refractivity contribution in [3.05, 3.63) is 41.0 Å². The van der Waals surface area contributed by atoms with Gasteiger partial charge in [0.1, 0.15) is 22.9 Å². The van der Waals surface area contributed by atoms with Gasteiger partial charge in [0.2, 0.25) is 0 Å². The summed E-state index contributed by atoms with van der Waals surface area (Å²) < 4.78 is 33.9. The average molecular weight is 693 g/mol. The van der Waals surface area contributed by atoms with E-state index < -0.39 is 33.7 Å². The normalized spacial score (nSPS) is 19.7. The number of aromatic nitrogens is 2. The summed E-state index contributed by atoms with van der Waals surface area (Å²) in [5, 5.41) is 11.9. The zero-order valence-electron chi connectivity index (χ0n) is 27.6. The minimum Gasteiger partial charge on any atom is -0.465 e. The summed E-state index contributed by atoms with van der Waals surface area (Å²) in [5.41, 5.74) is -0.394. The largest absolute Gasteiger partial charge is 0.465 e. The predicted molar refractivity (Wildman–Crippen MR) is 178 cm³/mol. The summed E-state index contributed by atoms with van der Waals surface area (Å²) in [5.74, 6) is -0.428. The number of carboxylic acid groups (broad SMARTS) is 1. The van der Waals surface area contributed by atoms with E-state index in [1.54, 1.807) is 6.07 Å². The van der Waals surface area contributed by atoms with Crippen molar-refractivity contribution in [2.75, 3.05) is 36.5 Å². The molecule has 1 unspecified atom stereocenters. The number of rotatable bonds is 13. The molecule has 4 heterocycles. The van der Waals surface area contributed by atoms with E-state index in [9.17, 15) is 27.9 Å².